The molecule has 0 spiro atoms. The van der Waals surface area contributed by atoms with Gasteiger partial charge in [0.05, 0.1) is 28.4 Å². The maximum Gasteiger partial charge on any atom is 0.417 e. The molecule has 2 aromatic heterocycles. The molecule has 3 rings (SSSR count). The SMILES string of the molecule is CCC(C)NC(=O)c1cc(-c2ccccc2C(F)(F)F)nc2c1cnn2C. The number of amides is 1. The number of benzene rings is 1. The Balaban J connectivity index is 2.22. The molecule has 0 radical (unpaired) electrons. The van der Waals surface area contributed by atoms with Crippen molar-refractivity contribution in [3.63, 3.8) is 0 Å². The highest BCUT2D eigenvalue weighted by atomic mass is 19.4. The van der Waals surface area contributed by atoms with Gasteiger partial charge in [-0.05, 0) is 25.5 Å². The first-order valence-electron chi connectivity index (χ1n) is 8.52. The molecule has 1 aromatic carbocycles. The Kier molecular flexibility index (Phi) is 4.91. The smallest absolute Gasteiger partial charge is 0.350 e. The van der Waals surface area contributed by atoms with Crippen molar-refractivity contribution < 1.29 is 18.0 Å². The molecule has 0 aliphatic carbocycles. The molecule has 3 aromatic rings. The minimum absolute atomic E-state index is 0.0664. The lowest BCUT2D eigenvalue weighted by Gasteiger charge is -2.15. The fourth-order valence-electron chi connectivity index (χ4n) is 2.80. The van der Waals surface area contributed by atoms with Crippen molar-refractivity contribution in [2.24, 2.45) is 7.05 Å². The molecule has 1 unspecified atom stereocenters. The number of carbonyl (C=O) groups is 1. The number of fused-ring (bicyclic) bond motifs is 1. The zero-order chi connectivity index (χ0) is 19.8. The van der Waals surface area contributed by atoms with Crippen molar-refractivity contribution >= 4 is 16.9 Å². The van der Waals surface area contributed by atoms with Gasteiger partial charge in [0.2, 0.25) is 0 Å². The first-order valence-corrected chi connectivity index (χ1v) is 8.52. The lowest BCUT2D eigenvalue weighted by atomic mass is 10.0. The molecule has 0 fully saturated rings. The second-order valence-electron chi connectivity index (χ2n) is 6.39. The molecular formula is C19H19F3N4O. The second-order valence-corrected chi connectivity index (χ2v) is 6.39. The van der Waals surface area contributed by atoms with E-state index in [1.54, 1.807) is 7.05 Å². The summed E-state index contributed by atoms with van der Waals surface area (Å²) in [5.41, 5.74) is -0.203. The molecule has 27 heavy (non-hydrogen) atoms. The largest absolute Gasteiger partial charge is 0.417 e. The van der Waals surface area contributed by atoms with E-state index in [2.05, 4.69) is 15.4 Å². The van der Waals surface area contributed by atoms with Gasteiger partial charge in [-0.2, -0.15) is 18.3 Å². The standard InChI is InChI=1S/C19H19F3N4O/c1-4-11(2)24-18(27)13-9-16(25-17-14(13)10-23-26(17)3)12-7-5-6-8-15(12)19(20,21)22/h5-11H,4H2,1-3H3,(H,24,27). The molecule has 2 heterocycles. The van der Waals surface area contributed by atoms with Crippen LogP contribution in [-0.4, -0.2) is 26.7 Å². The number of hydrogen-bond donors (Lipinski definition) is 1. The Hall–Kier alpha value is -2.90. The summed E-state index contributed by atoms with van der Waals surface area (Å²) in [7, 11) is 1.63. The van der Waals surface area contributed by atoms with Crippen molar-refractivity contribution in [3.8, 4) is 11.3 Å². The summed E-state index contributed by atoms with van der Waals surface area (Å²) in [5.74, 6) is -0.365. The fraction of sp³-hybridized carbons (Fsp3) is 0.316. The highest BCUT2D eigenvalue weighted by molar-refractivity contribution is 6.06. The third-order valence-corrected chi connectivity index (χ3v) is 4.45. The quantitative estimate of drug-likeness (QED) is 0.743. The Morgan fingerprint density at radius 1 is 1.30 bits per heavy atom. The van der Waals surface area contributed by atoms with E-state index in [0.717, 1.165) is 12.5 Å². The Labute approximate surface area is 154 Å². The van der Waals surface area contributed by atoms with Gasteiger partial charge in [-0.15, -0.1) is 0 Å². The van der Waals surface area contributed by atoms with Crippen LogP contribution >= 0.6 is 0 Å². The number of hydrogen-bond acceptors (Lipinski definition) is 3. The molecule has 0 bridgehead atoms. The van der Waals surface area contributed by atoms with Gasteiger partial charge in [-0.25, -0.2) is 4.98 Å². The number of rotatable bonds is 4. The first-order chi connectivity index (χ1) is 12.7. The molecule has 1 N–H and O–H groups in total. The van der Waals surface area contributed by atoms with Crippen LogP contribution in [0.1, 0.15) is 36.2 Å². The molecule has 5 nitrogen and oxygen atoms in total. The van der Waals surface area contributed by atoms with Crippen LogP contribution in [0.15, 0.2) is 36.5 Å². The highest BCUT2D eigenvalue weighted by Gasteiger charge is 2.34. The van der Waals surface area contributed by atoms with Crippen LogP contribution in [0.2, 0.25) is 0 Å². The molecule has 1 amide bonds. The summed E-state index contributed by atoms with van der Waals surface area (Å²) in [6.07, 6.45) is -2.30. The topological polar surface area (TPSA) is 59.8 Å². The number of pyridine rings is 1. The van der Waals surface area contributed by atoms with E-state index in [1.165, 1.54) is 35.1 Å². The minimum Gasteiger partial charge on any atom is -0.350 e. The van der Waals surface area contributed by atoms with Crippen molar-refractivity contribution in [3.05, 3.63) is 47.7 Å². The average molecular weight is 376 g/mol. The number of alkyl halides is 3. The lowest BCUT2D eigenvalue weighted by Crippen LogP contribution is -2.32. The van der Waals surface area contributed by atoms with Crippen molar-refractivity contribution in [2.75, 3.05) is 0 Å². The number of carbonyl (C=O) groups excluding carboxylic acids is 1. The van der Waals surface area contributed by atoms with Crippen LogP contribution in [0.4, 0.5) is 13.2 Å². The minimum atomic E-state index is -4.53. The Morgan fingerprint density at radius 2 is 2.00 bits per heavy atom. The molecular weight excluding hydrogens is 357 g/mol. The summed E-state index contributed by atoms with van der Waals surface area (Å²) < 4.78 is 41.7. The summed E-state index contributed by atoms with van der Waals surface area (Å²) in [6.45, 7) is 3.79. The molecule has 8 heteroatoms. The van der Waals surface area contributed by atoms with E-state index in [4.69, 9.17) is 0 Å². The van der Waals surface area contributed by atoms with Gasteiger partial charge >= 0.3 is 6.18 Å². The molecule has 142 valence electrons. The van der Waals surface area contributed by atoms with Crippen LogP contribution in [0, 0.1) is 0 Å². The average Bonchev–Trinajstić information content (AvgIpc) is 3.01. The third-order valence-electron chi connectivity index (χ3n) is 4.45. The maximum absolute atomic E-state index is 13.4. The van der Waals surface area contributed by atoms with E-state index in [1.807, 2.05) is 13.8 Å². The summed E-state index contributed by atoms with van der Waals surface area (Å²) in [6, 6.07) is 6.52. The Bertz CT molecular complexity index is 994. The van der Waals surface area contributed by atoms with Crippen molar-refractivity contribution in [1.82, 2.24) is 20.1 Å². The van der Waals surface area contributed by atoms with Gasteiger partial charge in [-0.1, -0.05) is 25.1 Å². The lowest BCUT2D eigenvalue weighted by molar-refractivity contribution is -0.137. The summed E-state index contributed by atoms with van der Waals surface area (Å²) in [5, 5.41) is 7.43. The highest BCUT2D eigenvalue weighted by Crippen LogP contribution is 2.37. The van der Waals surface area contributed by atoms with Gasteiger partial charge < -0.3 is 5.32 Å². The fourth-order valence-corrected chi connectivity index (χ4v) is 2.80. The van der Waals surface area contributed by atoms with E-state index in [0.29, 0.717) is 11.0 Å². The van der Waals surface area contributed by atoms with Gasteiger partial charge in [0.1, 0.15) is 0 Å². The van der Waals surface area contributed by atoms with E-state index < -0.39 is 11.7 Å². The normalized spacial score (nSPS) is 13.0. The van der Waals surface area contributed by atoms with Crippen LogP contribution in [0.25, 0.3) is 22.3 Å². The summed E-state index contributed by atoms with van der Waals surface area (Å²) in [4.78, 5) is 17.0. The number of nitrogens with zero attached hydrogens (tertiary/aromatic N) is 3. The number of aryl methyl sites for hydroxylation is 1. The van der Waals surface area contributed by atoms with E-state index in [-0.39, 0.29) is 28.8 Å². The van der Waals surface area contributed by atoms with Crippen LogP contribution in [0.5, 0.6) is 0 Å². The number of nitrogens with one attached hydrogen (secondary N) is 1. The third kappa shape index (κ3) is 3.65. The number of halogens is 3. The van der Waals surface area contributed by atoms with E-state index in [9.17, 15) is 18.0 Å². The second kappa shape index (κ2) is 7.02. The van der Waals surface area contributed by atoms with Gasteiger partial charge in [0.15, 0.2) is 5.65 Å². The zero-order valence-corrected chi connectivity index (χ0v) is 15.1. The maximum atomic E-state index is 13.4. The van der Waals surface area contributed by atoms with E-state index >= 15 is 0 Å². The van der Waals surface area contributed by atoms with Crippen LogP contribution < -0.4 is 5.32 Å². The van der Waals surface area contributed by atoms with Crippen LogP contribution in [-0.2, 0) is 13.2 Å². The summed E-state index contributed by atoms with van der Waals surface area (Å²) >= 11 is 0. The van der Waals surface area contributed by atoms with Crippen molar-refractivity contribution in [1.29, 1.82) is 0 Å². The predicted octanol–water partition coefficient (Wildman–Crippen LogP) is 4.18. The zero-order valence-electron chi connectivity index (χ0n) is 15.1. The molecule has 0 saturated carbocycles. The monoisotopic (exact) mass is 376 g/mol. The Morgan fingerprint density at radius 3 is 2.67 bits per heavy atom. The van der Waals surface area contributed by atoms with Crippen LogP contribution in [0.3, 0.4) is 0 Å². The predicted molar refractivity (Wildman–Crippen MR) is 96.2 cm³/mol. The van der Waals surface area contributed by atoms with Gasteiger partial charge in [-0.3, -0.25) is 9.48 Å². The molecule has 0 aliphatic rings. The molecule has 0 aliphatic heterocycles. The molecule has 0 saturated heterocycles. The van der Waals surface area contributed by atoms with Crippen molar-refractivity contribution in [2.45, 2.75) is 32.5 Å². The molecule has 1 atom stereocenters. The first kappa shape index (κ1) is 18.9. The number of aromatic nitrogens is 3. The van der Waals surface area contributed by atoms with Gasteiger partial charge in [0.25, 0.3) is 5.91 Å². The van der Waals surface area contributed by atoms with Gasteiger partial charge in [0, 0.05) is 18.7 Å².